The standard InChI is InChI=1S/C16H17ClN2O2/c1-2-21-16(20)13-4-3-5-14(15(13)18)19-10-11-6-8-12(17)9-7-11/h3-9,19H,2,10,18H2,1H3. The van der Waals surface area contributed by atoms with E-state index in [1.54, 1.807) is 19.1 Å². The van der Waals surface area contributed by atoms with Crippen LogP contribution in [0.15, 0.2) is 42.5 Å². The Hall–Kier alpha value is -2.20. The number of ether oxygens (including phenoxy) is 1. The molecule has 2 aromatic rings. The molecule has 2 aromatic carbocycles. The highest BCUT2D eigenvalue weighted by Gasteiger charge is 2.13. The number of esters is 1. The summed E-state index contributed by atoms with van der Waals surface area (Å²) >= 11 is 5.85. The molecule has 5 heteroatoms. The molecule has 0 aromatic heterocycles. The zero-order valence-electron chi connectivity index (χ0n) is 11.7. The molecule has 0 saturated heterocycles. The van der Waals surface area contributed by atoms with E-state index in [9.17, 15) is 4.79 Å². The molecule has 0 fully saturated rings. The molecule has 0 radical (unpaired) electrons. The summed E-state index contributed by atoms with van der Waals surface area (Å²) in [4.78, 5) is 11.8. The largest absolute Gasteiger partial charge is 0.462 e. The Kier molecular flexibility index (Phi) is 5.06. The average Bonchev–Trinajstić information content (AvgIpc) is 2.48. The maximum Gasteiger partial charge on any atom is 0.340 e. The lowest BCUT2D eigenvalue weighted by Crippen LogP contribution is -2.10. The molecule has 4 nitrogen and oxygen atoms in total. The van der Waals surface area contributed by atoms with Crippen LogP contribution in [0.5, 0.6) is 0 Å². The van der Waals surface area contributed by atoms with E-state index in [0.29, 0.717) is 35.1 Å². The first-order valence-corrected chi connectivity index (χ1v) is 7.03. The molecule has 0 heterocycles. The van der Waals surface area contributed by atoms with Crippen molar-refractivity contribution in [3.8, 4) is 0 Å². The molecule has 0 atom stereocenters. The van der Waals surface area contributed by atoms with Crippen LogP contribution in [0, 0.1) is 0 Å². The molecular formula is C16H17ClN2O2. The molecule has 0 amide bonds. The number of nitrogen functional groups attached to an aromatic ring is 1. The van der Waals surface area contributed by atoms with Crippen molar-refractivity contribution in [2.24, 2.45) is 0 Å². The highest BCUT2D eigenvalue weighted by Crippen LogP contribution is 2.24. The minimum atomic E-state index is -0.412. The van der Waals surface area contributed by atoms with Crippen molar-refractivity contribution >= 4 is 28.9 Å². The van der Waals surface area contributed by atoms with Crippen LogP contribution >= 0.6 is 11.6 Å². The quantitative estimate of drug-likeness (QED) is 0.653. The number of rotatable bonds is 5. The number of anilines is 2. The lowest BCUT2D eigenvalue weighted by Gasteiger charge is -2.12. The van der Waals surface area contributed by atoms with Crippen LogP contribution in [-0.4, -0.2) is 12.6 Å². The topological polar surface area (TPSA) is 64.3 Å². The number of benzene rings is 2. The van der Waals surface area contributed by atoms with Gasteiger partial charge in [0.05, 0.1) is 23.5 Å². The van der Waals surface area contributed by atoms with E-state index in [2.05, 4.69) is 5.32 Å². The van der Waals surface area contributed by atoms with Gasteiger partial charge in [-0.05, 0) is 36.8 Å². The number of hydrogen-bond acceptors (Lipinski definition) is 4. The van der Waals surface area contributed by atoms with Gasteiger partial charge in [0.1, 0.15) is 0 Å². The molecule has 3 N–H and O–H groups in total. The van der Waals surface area contributed by atoms with E-state index >= 15 is 0 Å². The molecule has 0 spiro atoms. The minimum absolute atomic E-state index is 0.320. The van der Waals surface area contributed by atoms with E-state index < -0.39 is 5.97 Å². The maximum atomic E-state index is 11.8. The van der Waals surface area contributed by atoms with Gasteiger partial charge in [0.2, 0.25) is 0 Å². The summed E-state index contributed by atoms with van der Waals surface area (Å²) in [5.74, 6) is -0.412. The number of nitrogens with one attached hydrogen (secondary N) is 1. The lowest BCUT2D eigenvalue weighted by molar-refractivity contribution is 0.0527. The highest BCUT2D eigenvalue weighted by atomic mass is 35.5. The lowest BCUT2D eigenvalue weighted by atomic mass is 10.1. The predicted octanol–water partition coefficient (Wildman–Crippen LogP) is 3.71. The molecule has 0 saturated carbocycles. The Bertz CT molecular complexity index is 627. The summed E-state index contributed by atoms with van der Waals surface area (Å²) in [6.07, 6.45) is 0. The van der Waals surface area contributed by atoms with E-state index in [0.717, 1.165) is 5.56 Å². The molecule has 2 rings (SSSR count). The van der Waals surface area contributed by atoms with Crippen LogP contribution < -0.4 is 11.1 Å². The third kappa shape index (κ3) is 3.89. The van der Waals surface area contributed by atoms with Gasteiger partial charge >= 0.3 is 5.97 Å². The Morgan fingerprint density at radius 3 is 2.62 bits per heavy atom. The summed E-state index contributed by atoms with van der Waals surface area (Å²) in [5.41, 5.74) is 8.56. The van der Waals surface area contributed by atoms with Crippen LogP contribution in [-0.2, 0) is 11.3 Å². The molecule has 110 valence electrons. The normalized spacial score (nSPS) is 10.2. The van der Waals surface area contributed by atoms with Gasteiger partial charge in [-0.25, -0.2) is 4.79 Å². The second-order valence-corrected chi connectivity index (χ2v) is 4.90. The third-order valence-electron chi connectivity index (χ3n) is 3.00. The van der Waals surface area contributed by atoms with E-state index in [-0.39, 0.29) is 0 Å². The van der Waals surface area contributed by atoms with Crippen molar-refractivity contribution < 1.29 is 9.53 Å². The number of hydrogen-bond donors (Lipinski definition) is 2. The van der Waals surface area contributed by atoms with Gasteiger partial charge in [0, 0.05) is 11.6 Å². The second kappa shape index (κ2) is 6.99. The van der Waals surface area contributed by atoms with Crippen LogP contribution in [0.4, 0.5) is 11.4 Å². The molecule has 0 aliphatic heterocycles. The minimum Gasteiger partial charge on any atom is -0.462 e. The van der Waals surface area contributed by atoms with Gasteiger partial charge < -0.3 is 15.8 Å². The fourth-order valence-electron chi connectivity index (χ4n) is 1.91. The number of carbonyl (C=O) groups is 1. The van der Waals surface area contributed by atoms with Crippen LogP contribution in [0.3, 0.4) is 0 Å². The van der Waals surface area contributed by atoms with E-state index in [1.165, 1.54) is 0 Å². The van der Waals surface area contributed by atoms with E-state index in [4.69, 9.17) is 22.1 Å². The summed E-state index contributed by atoms with van der Waals surface area (Å²) < 4.78 is 4.98. The summed E-state index contributed by atoms with van der Waals surface area (Å²) in [6, 6.07) is 12.8. The summed E-state index contributed by atoms with van der Waals surface area (Å²) in [5, 5.41) is 3.91. The van der Waals surface area contributed by atoms with Crippen molar-refractivity contribution in [2.45, 2.75) is 13.5 Å². The molecule has 0 aliphatic carbocycles. The monoisotopic (exact) mass is 304 g/mol. The zero-order chi connectivity index (χ0) is 15.2. The van der Waals surface area contributed by atoms with Crippen LogP contribution in [0.1, 0.15) is 22.8 Å². The summed E-state index contributed by atoms with van der Waals surface area (Å²) in [7, 11) is 0. The maximum absolute atomic E-state index is 11.8. The number of para-hydroxylation sites is 1. The molecule has 21 heavy (non-hydrogen) atoms. The summed E-state index contributed by atoms with van der Waals surface area (Å²) in [6.45, 7) is 2.67. The Morgan fingerprint density at radius 1 is 1.24 bits per heavy atom. The molecule has 0 unspecified atom stereocenters. The van der Waals surface area contributed by atoms with Crippen molar-refractivity contribution in [3.05, 3.63) is 58.6 Å². The zero-order valence-corrected chi connectivity index (χ0v) is 12.5. The first-order chi connectivity index (χ1) is 10.1. The van der Waals surface area contributed by atoms with Gasteiger partial charge in [0.15, 0.2) is 0 Å². The third-order valence-corrected chi connectivity index (χ3v) is 3.25. The van der Waals surface area contributed by atoms with Crippen molar-refractivity contribution in [1.82, 2.24) is 0 Å². The van der Waals surface area contributed by atoms with Crippen LogP contribution in [0.2, 0.25) is 5.02 Å². The van der Waals surface area contributed by atoms with Crippen molar-refractivity contribution in [3.63, 3.8) is 0 Å². The average molecular weight is 305 g/mol. The smallest absolute Gasteiger partial charge is 0.340 e. The fourth-order valence-corrected chi connectivity index (χ4v) is 2.03. The molecule has 0 aliphatic rings. The predicted molar refractivity (Wildman–Crippen MR) is 85.6 cm³/mol. The van der Waals surface area contributed by atoms with Gasteiger partial charge in [-0.15, -0.1) is 0 Å². The van der Waals surface area contributed by atoms with E-state index in [1.807, 2.05) is 30.3 Å². The molecular weight excluding hydrogens is 288 g/mol. The number of halogens is 1. The van der Waals surface area contributed by atoms with Gasteiger partial charge in [-0.3, -0.25) is 0 Å². The van der Waals surface area contributed by atoms with Crippen molar-refractivity contribution in [1.29, 1.82) is 0 Å². The van der Waals surface area contributed by atoms with Gasteiger partial charge in [-0.1, -0.05) is 29.8 Å². The first-order valence-electron chi connectivity index (χ1n) is 6.65. The highest BCUT2D eigenvalue weighted by molar-refractivity contribution is 6.30. The molecule has 0 bridgehead atoms. The SMILES string of the molecule is CCOC(=O)c1cccc(NCc2ccc(Cl)cc2)c1N. The second-order valence-electron chi connectivity index (χ2n) is 4.47. The number of nitrogens with two attached hydrogens (primary N) is 1. The first kappa shape index (κ1) is 15.2. The fraction of sp³-hybridized carbons (Fsp3) is 0.188. The Balaban J connectivity index is 2.11. The van der Waals surface area contributed by atoms with Crippen molar-refractivity contribution in [2.75, 3.05) is 17.7 Å². The van der Waals surface area contributed by atoms with Gasteiger partial charge in [-0.2, -0.15) is 0 Å². The van der Waals surface area contributed by atoms with Crippen LogP contribution in [0.25, 0.3) is 0 Å². The Labute approximate surface area is 128 Å². The Morgan fingerprint density at radius 2 is 1.95 bits per heavy atom. The number of carbonyl (C=O) groups excluding carboxylic acids is 1. The van der Waals surface area contributed by atoms with Gasteiger partial charge in [0.25, 0.3) is 0 Å².